The molecular formula is C32H43Br2NO4. The Labute approximate surface area is 251 Å². The monoisotopic (exact) mass is 663 g/mol. The van der Waals surface area contributed by atoms with Gasteiger partial charge in [0.25, 0.3) is 5.91 Å². The first kappa shape index (κ1) is 33.2. The number of rotatable bonds is 19. The first-order valence-electron chi connectivity index (χ1n) is 14.2. The minimum atomic E-state index is -0.991. The van der Waals surface area contributed by atoms with Gasteiger partial charge < -0.3 is 15.2 Å². The molecule has 2 atom stereocenters. The summed E-state index contributed by atoms with van der Waals surface area (Å²) in [7, 11) is 0. The van der Waals surface area contributed by atoms with Gasteiger partial charge in [-0.2, -0.15) is 0 Å². The van der Waals surface area contributed by atoms with Crippen LogP contribution in [0.5, 0.6) is 0 Å². The van der Waals surface area contributed by atoms with Gasteiger partial charge >= 0.3 is 5.97 Å². The normalized spacial score (nSPS) is 12.8. The second kappa shape index (κ2) is 20.0. The third-order valence-corrected chi connectivity index (χ3v) is 7.67. The van der Waals surface area contributed by atoms with Gasteiger partial charge in [0.1, 0.15) is 6.61 Å². The Morgan fingerprint density at radius 1 is 0.795 bits per heavy atom. The van der Waals surface area contributed by atoms with Crippen LogP contribution < -0.4 is 5.32 Å². The Balaban J connectivity index is 1.80. The topological polar surface area (TPSA) is 75.6 Å². The average Bonchev–Trinajstić information content (AvgIpc) is 2.93. The van der Waals surface area contributed by atoms with E-state index in [0.717, 1.165) is 21.8 Å². The van der Waals surface area contributed by atoms with Crippen molar-refractivity contribution in [1.82, 2.24) is 5.32 Å². The number of carbonyl (C=O) groups excluding carboxylic acids is 2. The van der Waals surface area contributed by atoms with Crippen molar-refractivity contribution in [3.63, 3.8) is 0 Å². The minimum absolute atomic E-state index is 0.152. The Morgan fingerprint density at radius 2 is 1.28 bits per heavy atom. The van der Waals surface area contributed by atoms with Crippen molar-refractivity contribution in [3.8, 4) is 0 Å². The molecule has 0 saturated heterocycles. The van der Waals surface area contributed by atoms with E-state index in [2.05, 4.69) is 44.1 Å². The number of carbonyl (C=O) groups is 2. The third-order valence-electron chi connectivity index (χ3n) is 6.62. The molecule has 214 valence electrons. The highest BCUT2D eigenvalue weighted by atomic mass is 79.9. The molecule has 7 heteroatoms. The highest BCUT2D eigenvalue weighted by Crippen LogP contribution is 2.15. The number of benzene rings is 2. The molecule has 5 nitrogen and oxygen atoms in total. The Morgan fingerprint density at radius 3 is 1.82 bits per heavy atom. The van der Waals surface area contributed by atoms with Crippen LogP contribution >= 0.6 is 31.9 Å². The van der Waals surface area contributed by atoms with Gasteiger partial charge in [0, 0.05) is 14.5 Å². The van der Waals surface area contributed by atoms with Crippen LogP contribution in [-0.2, 0) is 4.74 Å². The number of allylic oxidation sites excluding steroid dienone is 1. The van der Waals surface area contributed by atoms with Crippen LogP contribution in [0.2, 0.25) is 0 Å². The molecule has 0 radical (unpaired) electrons. The highest BCUT2D eigenvalue weighted by molar-refractivity contribution is 9.10. The molecule has 0 spiro atoms. The third kappa shape index (κ3) is 14.3. The molecule has 0 aliphatic heterocycles. The zero-order chi connectivity index (χ0) is 28.3. The SMILES string of the molecule is CCCCCCCCCCCCC/C=C/[C@@H](O)[C@H](COC(=O)c1ccc(Br)cc1)NC(=O)c1ccc(Br)cc1. The van der Waals surface area contributed by atoms with E-state index in [0.29, 0.717) is 11.1 Å². The van der Waals surface area contributed by atoms with Gasteiger partial charge in [-0.3, -0.25) is 4.79 Å². The number of ether oxygens (including phenoxy) is 1. The van der Waals surface area contributed by atoms with Crippen molar-refractivity contribution < 1.29 is 19.4 Å². The van der Waals surface area contributed by atoms with E-state index >= 15 is 0 Å². The average molecular weight is 666 g/mol. The van der Waals surface area contributed by atoms with Crippen LogP contribution in [0.25, 0.3) is 0 Å². The van der Waals surface area contributed by atoms with Gasteiger partial charge in [0.05, 0.1) is 17.7 Å². The second-order valence-electron chi connectivity index (χ2n) is 9.94. The van der Waals surface area contributed by atoms with Crippen LogP contribution in [0.1, 0.15) is 105 Å². The van der Waals surface area contributed by atoms with Crippen LogP contribution in [-0.4, -0.2) is 35.7 Å². The quantitative estimate of drug-likeness (QED) is 0.0894. The van der Waals surface area contributed by atoms with E-state index in [-0.39, 0.29) is 12.5 Å². The molecule has 2 aromatic carbocycles. The Hall–Kier alpha value is -1.96. The van der Waals surface area contributed by atoms with Crippen molar-refractivity contribution in [1.29, 1.82) is 0 Å². The number of halogens is 2. The van der Waals surface area contributed by atoms with E-state index < -0.39 is 18.1 Å². The molecule has 0 aromatic heterocycles. The van der Waals surface area contributed by atoms with E-state index in [9.17, 15) is 14.7 Å². The van der Waals surface area contributed by atoms with Gasteiger partial charge in [0.2, 0.25) is 0 Å². The fraction of sp³-hybridized carbons (Fsp3) is 0.500. The maximum absolute atomic E-state index is 12.8. The predicted octanol–water partition coefficient (Wildman–Crippen LogP) is 8.79. The molecule has 2 aromatic rings. The number of hydrogen-bond acceptors (Lipinski definition) is 4. The van der Waals surface area contributed by atoms with Crippen molar-refractivity contribution in [3.05, 3.63) is 80.8 Å². The summed E-state index contributed by atoms with van der Waals surface area (Å²) in [6.07, 6.45) is 17.7. The number of unbranched alkanes of at least 4 members (excludes halogenated alkanes) is 11. The van der Waals surface area contributed by atoms with Gasteiger partial charge in [-0.1, -0.05) is 115 Å². The van der Waals surface area contributed by atoms with Crippen molar-refractivity contribution in [2.45, 2.75) is 96.1 Å². The smallest absolute Gasteiger partial charge is 0.338 e. The molecule has 0 aliphatic carbocycles. The molecule has 2 N–H and O–H groups in total. The summed E-state index contributed by atoms with van der Waals surface area (Å²) in [5.74, 6) is -0.854. The highest BCUT2D eigenvalue weighted by Gasteiger charge is 2.22. The fourth-order valence-electron chi connectivity index (χ4n) is 4.21. The summed E-state index contributed by atoms with van der Waals surface area (Å²) in [6.45, 7) is 2.10. The number of hydrogen-bond donors (Lipinski definition) is 2. The second-order valence-corrected chi connectivity index (χ2v) is 11.8. The molecule has 2 rings (SSSR count). The molecule has 0 unspecified atom stereocenters. The zero-order valence-electron chi connectivity index (χ0n) is 23.0. The van der Waals surface area contributed by atoms with E-state index in [4.69, 9.17) is 4.74 Å². The van der Waals surface area contributed by atoms with Crippen LogP contribution in [0.15, 0.2) is 69.6 Å². The van der Waals surface area contributed by atoms with Gasteiger partial charge in [0.15, 0.2) is 0 Å². The number of aliphatic hydroxyl groups is 1. The lowest BCUT2D eigenvalue weighted by molar-refractivity contribution is 0.0369. The Kier molecular flexibility index (Phi) is 17.0. The largest absolute Gasteiger partial charge is 0.460 e. The van der Waals surface area contributed by atoms with Crippen molar-refractivity contribution >= 4 is 43.7 Å². The van der Waals surface area contributed by atoms with E-state index in [1.54, 1.807) is 54.6 Å². The molecule has 0 bridgehead atoms. The lowest BCUT2D eigenvalue weighted by Crippen LogP contribution is -2.46. The van der Waals surface area contributed by atoms with Crippen LogP contribution in [0.3, 0.4) is 0 Å². The standard InChI is InChI=1S/C32H43Br2NO4/c1-2-3-4-5-6-7-8-9-10-11-12-13-14-15-30(36)29(35-31(37)25-16-20-27(33)21-17-25)24-39-32(38)26-18-22-28(34)23-19-26/h14-23,29-30,36H,2-13,24H2,1H3,(H,35,37)/b15-14+/t29-,30+/m0/s1. The maximum Gasteiger partial charge on any atom is 0.338 e. The van der Waals surface area contributed by atoms with E-state index in [1.165, 1.54) is 64.2 Å². The van der Waals surface area contributed by atoms with Crippen molar-refractivity contribution in [2.24, 2.45) is 0 Å². The summed E-state index contributed by atoms with van der Waals surface area (Å²) in [5.41, 5.74) is 0.859. The molecule has 1 amide bonds. The van der Waals surface area contributed by atoms with E-state index in [1.807, 2.05) is 6.08 Å². The predicted molar refractivity (Wildman–Crippen MR) is 166 cm³/mol. The van der Waals surface area contributed by atoms with Crippen LogP contribution in [0, 0.1) is 0 Å². The zero-order valence-corrected chi connectivity index (χ0v) is 26.2. The molecule has 39 heavy (non-hydrogen) atoms. The molecule has 0 heterocycles. The lowest BCUT2D eigenvalue weighted by Gasteiger charge is -2.22. The number of aliphatic hydroxyl groups excluding tert-OH is 1. The Bertz CT molecular complexity index is 992. The lowest BCUT2D eigenvalue weighted by atomic mass is 10.0. The van der Waals surface area contributed by atoms with Gasteiger partial charge in [-0.25, -0.2) is 4.79 Å². The minimum Gasteiger partial charge on any atom is -0.460 e. The fourth-order valence-corrected chi connectivity index (χ4v) is 4.74. The molecular weight excluding hydrogens is 622 g/mol. The number of amides is 1. The number of esters is 1. The maximum atomic E-state index is 12.8. The summed E-state index contributed by atoms with van der Waals surface area (Å²) >= 11 is 6.72. The summed E-state index contributed by atoms with van der Waals surface area (Å²) < 4.78 is 7.18. The van der Waals surface area contributed by atoms with Crippen LogP contribution in [0.4, 0.5) is 0 Å². The summed E-state index contributed by atoms with van der Waals surface area (Å²) in [5, 5.41) is 13.7. The van der Waals surface area contributed by atoms with Crippen molar-refractivity contribution in [2.75, 3.05) is 6.61 Å². The van der Waals surface area contributed by atoms with Gasteiger partial charge in [-0.05, 0) is 61.4 Å². The molecule has 0 aliphatic rings. The molecule has 0 fully saturated rings. The van der Waals surface area contributed by atoms with Gasteiger partial charge in [-0.15, -0.1) is 0 Å². The summed E-state index contributed by atoms with van der Waals surface area (Å²) in [4.78, 5) is 25.3. The molecule has 0 saturated carbocycles. The first-order valence-corrected chi connectivity index (χ1v) is 15.8. The number of nitrogens with one attached hydrogen (secondary N) is 1. The first-order chi connectivity index (χ1) is 18.9. The summed E-state index contributed by atoms with van der Waals surface area (Å²) in [6, 6.07) is 13.0.